The van der Waals surface area contributed by atoms with Crippen LogP contribution in [-0.2, 0) is 17.8 Å². The van der Waals surface area contributed by atoms with Crippen molar-refractivity contribution in [1.82, 2.24) is 24.8 Å². The molecule has 0 radical (unpaired) electrons. The molecule has 29 heavy (non-hydrogen) atoms. The molecular weight excluding hydrogens is 370 g/mol. The van der Waals surface area contributed by atoms with E-state index >= 15 is 0 Å². The molecule has 3 aromatic rings. The van der Waals surface area contributed by atoms with Crippen molar-refractivity contribution >= 4 is 5.91 Å². The molecule has 3 aromatic heterocycles. The molecule has 0 N–H and O–H groups in total. The summed E-state index contributed by atoms with van der Waals surface area (Å²) >= 11 is 0. The highest BCUT2D eigenvalue weighted by Crippen LogP contribution is 2.22. The van der Waals surface area contributed by atoms with Gasteiger partial charge in [0.2, 0.25) is 5.91 Å². The minimum atomic E-state index is -0.173. The molecule has 1 aliphatic heterocycles. The normalized spacial score (nSPS) is 16.3. The van der Waals surface area contributed by atoms with Gasteiger partial charge < -0.3 is 9.42 Å². The number of carbonyl (C=O) groups excluding carboxylic acids is 1. The quantitative estimate of drug-likeness (QED) is 0.659. The summed E-state index contributed by atoms with van der Waals surface area (Å²) in [5, 5.41) is 8.44. The predicted octanol–water partition coefficient (Wildman–Crippen LogP) is 2.14. The standard InChI is InChI=1S/C21H23N5O3/c1-14-18(15(2)29-24-14)12-21(28)25-11-3-4-17(25)13-26-20(27)6-5-19(23-26)16-7-9-22-10-8-16/h5-10,17H,3-4,11-13H2,1-2H3. The third-order valence-corrected chi connectivity index (χ3v) is 5.43. The van der Waals surface area contributed by atoms with Crippen LogP contribution < -0.4 is 5.56 Å². The van der Waals surface area contributed by atoms with Gasteiger partial charge in [0.25, 0.3) is 5.56 Å². The van der Waals surface area contributed by atoms with Gasteiger partial charge in [0.1, 0.15) is 5.76 Å². The van der Waals surface area contributed by atoms with Crippen LogP contribution in [0.5, 0.6) is 0 Å². The molecule has 1 fully saturated rings. The van der Waals surface area contributed by atoms with E-state index in [0.717, 1.165) is 29.7 Å². The fourth-order valence-corrected chi connectivity index (χ4v) is 3.82. The van der Waals surface area contributed by atoms with Crippen LogP contribution in [0.2, 0.25) is 0 Å². The smallest absolute Gasteiger partial charge is 0.266 e. The number of hydrogen-bond donors (Lipinski definition) is 0. The van der Waals surface area contributed by atoms with Crippen LogP contribution in [0.3, 0.4) is 0 Å². The average Bonchev–Trinajstić information content (AvgIpc) is 3.32. The fraction of sp³-hybridized carbons (Fsp3) is 0.381. The van der Waals surface area contributed by atoms with Crippen molar-refractivity contribution in [2.45, 2.75) is 45.7 Å². The summed E-state index contributed by atoms with van der Waals surface area (Å²) in [7, 11) is 0. The number of amides is 1. The first-order chi connectivity index (χ1) is 14.0. The number of rotatable bonds is 5. The molecule has 0 bridgehead atoms. The molecule has 1 atom stereocenters. The Hall–Kier alpha value is -3.29. The van der Waals surface area contributed by atoms with Crippen molar-refractivity contribution in [2.24, 2.45) is 0 Å². The first-order valence-corrected chi connectivity index (χ1v) is 9.72. The summed E-state index contributed by atoms with van der Waals surface area (Å²) in [4.78, 5) is 31.2. The molecule has 4 rings (SSSR count). The van der Waals surface area contributed by atoms with Crippen LogP contribution in [0.4, 0.5) is 0 Å². The maximum absolute atomic E-state index is 12.9. The van der Waals surface area contributed by atoms with E-state index in [1.807, 2.05) is 30.9 Å². The Morgan fingerprint density at radius 1 is 1.21 bits per heavy atom. The maximum Gasteiger partial charge on any atom is 0.266 e. The van der Waals surface area contributed by atoms with Gasteiger partial charge in [0, 0.05) is 36.1 Å². The van der Waals surface area contributed by atoms with E-state index in [1.165, 1.54) is 10.7 Å². The van der Waals surface area contributed by atoms with Gasteiger partial charge in [-0.2, -0.15) is 5.10 Å². The van der Waals surface area contributed by atoms with Crippen LogP contribution in [0.25, 0.3) is 11.3 Å². The Morgan fingerprint density at radius 2 is 2.00 bits per heavy atom. The van der Waals surface area contributed by atoms with E-state index in [4.69, 9.17) is 4.52 Å². The first-order valence-electron chi connectivity index (χ1n) is 9.72. The molecule has 0 saturated carbocycles. The number of aromatic nitrogens is 4. The van der Waals surface area contributed by atoms with Crippen LogP contribution in [-0.4, -0.2) is 43.3 Å². The maximum atomic E-state index is 12.9. The van der Waals surface area contributed by atoms with E-state index in [1.54, 1.807) is 18.5 Å². The van der Waals surface area contributed by atoms with E-state index in [9.17, 15) is 9.59 Å². The van der Waals surface area contributed by atoms with Crippen LogP contribution in [0, 0.1) is 13.8 Å². The second-order valence-corrected chi connectivity index (χ2v) is 7.34. The number of aryl methyl sites for hydroxylation is 2. The number of likely N-dealkylation sites (tertiary alicyclic amines) is 1. The molecule has 1 unspecified atom stereocenters. The van der Waals surface area contributed by atoms with Gasteiger partial charge in [-0.05, 0) is 44.9 Å². The van der Waals surface area contributed by atoms with Gasteiger partial charge in [-0.3, -0.25) is 14.6 Å². The lowest BCUT2D eigenvalue weighted by molar-refractivity contribution is -0.131. The Morgan fingerprint density at radius 3 is 2.72 bits per heavy atom. The zero-order chi connectivity index (χ0) is 20.4. The average molecular weight is 393 g/mol. The monoisotopic (exact) mass is 393 g/mol. The molecule has 1 saturated heterocycles. The topological polar surface area (TPSA) is 94.1 Å². The molecule has 150 valence electrons. The van der Waals surface area contributed by atoms with Crippen LogP contribution in [0.1, 0.15) is 29.9 Å². The van der Waals surface area contributed by atoms with Crippen molar-refractivity contribution in [1.29, 1.82) is 0 Å². The second-order valence-electron chi connectivity index (χ2n) is 7.34. The van der Waals surface area contributed by atoms with Gasteiger partial charge in [0.05, 0.1) is 30.4 Å². The number of hydrogen-bond acceptors (Lipinski definition) is 6. The van der Waals surface area contributed by atoms with Crippen LogP contribution in [0.15, 0.2) is 46.0 Å². The lowest BCUT2D eigenvalue weighted by atomic mass is 10.1. The van der Waals surface area contributed by atoms with Gasteiger partial charge in [-0.25, -0.2) is 4.68 Å². The largest absolute Gasteiger partial charge is 0.361 e. The van der Waals surface area contributed by atoms with Gasteiger partial charge >= 0.3 is 0 Å². The Kier molecular flexibility index (Phi) is 5.24. The van der Waals surface area contributed by atoms with Crippen molar-refractivity contribution in [3.05, 3.63) is 64.0 Å². The van der Waals surface area contributed by atoms with E-state index < -0.39 is 0 Å². The molecule has 0 aromatic carbocycles. The van der Waals surface area contributed by atoms with E-state index in [0.29, 0.717) is 24.5 Å². The Bertz CT molecular complexity index is 1050. The Labute approximate surface area is 168 Å². The highest BCUT2D eigenvalue weighted by Gasteiger charge is 2.30. The summed E-state index contributed by atoms with van der Waals surface area (Å²) in [6, 6.07) is 6.88. The summed E-state index contributed by atoms with van der Waals surface area (Å²) in [6.45, 7) is 4.73. The molecule has 8 nitrogen and oxygen atoms in total. The molecule has 1 amide bonds. The molecule has 0 aliphatic carbocycles. The lowest BCUT2D eigenvalue weighted by Gasteiger charge is -2.25. The number of nitrogens with zero attached hydrogens (tertiary/aromatic N) is 5. The number of pyridine rings is 1. The molecule has 1 aliphatic rings. The van der Waals surface area contributed by atoms with Crippen molar-refractivity contribution in [3.8, 4) is 11.3 Å². The molecule has 0 spiro atoms. The number of carbonyl (C=O) groups is 1. The van der Waals surface area contributed by atoms with E-state index in [-0.39, 0.29) is 23.9 Å². The van der Waals surface area contributed by atoms with Crippen molar-refractivity contribution in [3.63, 3.8) is 0 Å². The third kappa shape index (κ3) is 3.96. The van der Waals surface area contributed by atoms with Crippen molar-refractivity contribution in [2.75, 3.05) is 6.54 Å². The van der Waals surface area contributed by atoms with Crippen LogP contribution >= 0.6 is 0 Å². The summed E-state index contributed by atoms with van der Waals surface area (Å²) in [5.41, 5.74) is 3.02. The van der Waals surface area contributed by atoms with Gasteiger partial charge in [0.15, 0.2) is 0 Å². The SMILES string of the molecule is Cc1noc(C)c1CC(=O)N1CCCC1Cn1nc(-c2ccncc2)ccc1=O. The minimum absolute atomic E-state index is 0.0280. The zero-order valence-corrected chi connectivity index (χ0v) is 16.5. The highest BCUT2D eigenvalue weighted by atomic mass is 16.5. The predicted molar refractivity (Wildman–Crippen MR) is 106 cm³/mol. The molecule has 4 heterocycles. The second kappa shape index (κ2) is 7.98. The first kappa shape index (κ1) is 19.0. The molecular formula is C21H23N5O3. The van der Waals surface area contributed by atoms with Gasteiger partial charge in [-0.15, -0.1) is 0 Å². The molecule has 8 heteroatoms. The lowest BCUT2D eigenvalue weighted by Crippen LogP contribution is -2.41. The summed E-state index contributed by atoms with van der Waals surface area (Å²) in [6.07, 6.45) is 5.41. The Balaban J connectivity index is 1.53. The minimum Gasteiger partial charge on any atom is -0.361 e. The fourth-order valence-electron chi connectivity index (χ4n) is 3.82. The summed E-state index contributed by atoms with van der Waals surface area (Å²) in [5.74, 6) is 0.703. The van der Waals surface area contributed by atoms with Crippen molar-refractivity contribution < 1.29 is 9.32 Å². The van der Waals surface area contributed by atoms with E-state index in [2.05, 4.69) is 15.2 Å². The highest BCUT2D eigenvalue weighted by molar-refractivity contribution is 5.79. The third-order valence-electron chi connectivity index (χ3n) is 5.43. The van der Waals surface area contributed by atoms with Gasteiger partial charge in [-0.1, -0.05) is 5.16 Å². The summed E-state index contributed by atoms with van der Waals surface area (Å²) < 4.78 is 6.63. The zero-order valence-electron chi connectivity index (χ0n) is 16.5.